The Kier molecular flexibility index (Phi) is 5.43. The van der Waals surface area contributed by atoms with Crippen molar-refractivity contribution < 1.29 is 0 Å². The van der Waals surface area contributed by atoms with Gasteiger partial charge in [-0.1, -0.05) is 18.2 Å². The summed E-state index contributed by atoms with van der Waals surface area (Å²) >= 11 is 7.65. The van der Waals surface area contributed by atoms with E-state index in [-0.39, 0.29) is 5.28 Å². The van der Waals surface area contributed by atoms with Crippen LogP contribution in [0.1, 0.15) is 0 Å². The molecule has 0 unspecified atom stereocenters. The Hall–Kier alpha value is -1.53. The van der Waals surface area contributed by atoms with E-state index in [1.807, 2.05) is 32.3 Å². The van der Waals surface area contributed by atoms with Gasteiger partial charge in [-0.15, -0.1) is 11.8 Å². The highest BCUT2D eigenvalue weighted by molar-refractivity contribution is 7.99. The van der Waals surface area contributed by atoms with Gasteiger partial charge >= 0.3 is 0 Å². The molecule has 1 N–H and O–H groups in total. The molecule has 0 fully saturated rings. The molecular formula is C13H16ClN5S. The summed E-state index contributed by atoms with van der Waals surface area (Å²) in [6.45, 7) is 0.757. The summed E-state index contributed by atoms with van der Waals surface area (Å²) in [7, 11) is 3.72. The molecule has 1 aromatic heterocycles. The van der Waals surface area contributed by atoms with Crippen molar-refractivity contribution >= 4 is 35.3 Å². The Morgan fingerprint density at radius 2 is 1.90 bits per heavy atom. The fourth-order valence-corrected chi connectivity index (χ4v) is 2.41. The van der Waals surface area contributed by atoms with Crippen molar-refractivity contribution in [3.63, 3.8) is 0 Å². The summed E-state index contributed by atoms with van der Waals surface area (Å²) in [5.41, 5.74) is 0. The number of hydrogen-bond acceptors (Lipinski definition) is 6. The molecule has 106 valence electrons. The quantitative estimate of drug-likeness (QED) is 0.654. The number of anilines is 2. The van der Waals surface area contributed by atoms with Crippen LogP contribution in [0.2, 0.25) is 5.28 Å². The fraction of sp³-hybridized carbons (Fsp3) is 0.308. The predicted octanol–water partition coefficient (Wildman–Crippen LogP) is 2.80. The molecule has 0 atom stereocenters. The summed E-state index contributed by atoms with van der Waals surface area (Å²) in [6.07, 6.45) is 0. The van der Waals surface area contributed by atoms with Crippen LogP contribution in [-0.2, 0) is 0 Å². The molecule has 2 rings (SSSR count). The van der Waals surface area contributed by atoms with Gasteiger partial charge in [-0.3, -0.25) is 0 Å². The molecule has 0 saturated heterocycles. The lowest BCUT2D eigenvalue weighted by atomic mass is 10.4. The third-order valence-corrected chi connectivity index (χ3v) is 3.58. The first-order valence-corrected chi connectivity index (χ1v) is 7.52. The molecule has 2 aromatic rings. The van der Waals surface area contributed by atoms with E-state index in [9.17, 15) is 0 Å². The second-order valence-electron chi connectivity index (χ2n) is 4.21. The Balaban J connectivity index is 1.85. The van der Waals surface area contributed by atoms with E-state index in [0.29, 0.717) is 11.9 Å². The first kappa shape index (κ1) is 14.9. The normalized spacial score (nSPS) is 10.3. The molecule has 1 heterocycles. The molecule has 20 heavy (non-hydrogen) atoms. The number of nitrogens with zero attached hydrogens (tertiary/aromatic N) is 4. The topological polar surface area (TPSA) is 53.9 Å². The lowest BCUT2D eigenvalue weighted by molar-refractivity contribution is 0.949. The molecule has 0 amide bonds. The lowest BCUT2D eigenvalue weighted by Crippen LogP contribution is -2.16. The molecule has 0 spiro atoms. The smallest absolute Gasteiger partial charge is 0.230 e. The van der Waals surface area contributed by atoms with Gasteiger partial charge in [-0.05, 0) is 23.7 Å². The van der Waals surface area contributed by atoms with Crippen molar-refractivity contribution in [3.8, 4) is 0 Å². The standard InChI is InChI=1S/C13H16ClN5S/c1-19(2)13-17-11(14)16-12(18-13)15-8-9-20-10-6-4-3-5-7-10/h3-7H,8-9H2,1-2H3,(H,15,16,17,18). The molecule has 0 saturated carbocycles. The molecule has 0 aliphatic carbocycles. The van der Waals surface area contributed by atoms with Gasteiger partial charge in [0.25, 0.3) is 0 Å². The summed E-state index contributed by atoms with van der Waals surface area (Å²) in [4.78, 5) is 15.4. The zero-order valence-electron chi connectivity index (χ0n) is 11.4. The number of halogens is 1. The average Bonchev–Trinajstić information content (AvgIpc) is 2.44. The molecular weight excluding hydrogens is 294 g/mol. The van der Waals surface area contributed by atoms with Gasteiger partial charge in [0, 0.05) is 31.3 Å². The Morgan fingerprint density at radius 3 is 2.60 bits per heavy atom. The average molecular weight is 310 g/mol. The van der Waals surface area contributed by atoms with Crippen LogP contribution in [0.3, 0.4) is 0 Å². The van der Waals surface area contributed by atoms with Crippen molar-refractivity contribution in [1.82, 2.24) is 15.0 Å². The third-order valence-electron chi connectivity index (χ3n) is 2.39. The molecule has 7 heteroatoms. The van der Waals surface area contributed by atoms with Gasteiger partial charge in [0.15, 0.2) is 0 Å². The van der Waals surface area contributed by atoms with E-state index in [1.54, 1.807) is 16.7 Å². The van der Waals surface area contributed by atoms with E-state index in [0.717, 1.165) is 12.3 Å². The third kappa shape index (κ3) is 4.54. The first-order chi connectivity index (χ1) is 9.65. The van der Waals surface area contributed by atoms with Crippen molar-refractivity contribution in [2.45, 2.75) is 4.90 Å². The van der Waals surface area contributed by atoms with E-state index >= 15 is 0 Å². The van der Waals surface area contributed by atoms with Gasteiger partial charge in [-0.25, -0.2) is 0 Å². The fourth-order valence-electron chi connectivity index (χ4n) is 1.47. The summed E-state index contributed by atoms with van der Waals surface area (Å²) < 4.78 is 0. The van der Waals surface area contributed by atoms with Gasteiger partial charge in [0.1, 0.15) is 0 Å². The number of nitrogens with one attached hydrogen (secondary N) is 1. The molecule has 1 aromatic carbocycles. The zero-order chi connectivity index (χ0) is 14.4. The number of rotatable bonds is 6. The van der Waals surface area contributed by atoms with Crippen LogP contribution >= 0.6 is 23.4 Å². The minimum absolute atomic E-state index is 0.196. The van der Waals surface area contributed by atoms with Crippen LogP contribution in [0.25, 0.3) is 0 Å². The van der Waals surface area contributed by atoms with Crippen LogP contribution in [0.5, 0.6) is 0 Å². The monoisotopic (exact) mass is 309 g/mol. The minimum atomic E-state index is 0.196. The number of aromatic nitrogens is 3. The number of benzene rings is 1. The Bertz CT molecular complexity index is 550. The van der Waals surface area contributed by atoms with Crippen molar-refractivity contribution in [2.24, 2.45) is 0 Å². The van der Waals surface area contributed by atoms with Crippen LogP contribution in [0.15, 0.2) is 35.2 Å². The maximum Gasteiger partial charge on any atom is 0.230 e. The highest BCUT2D eigenvalue weighted by Crippen LogP contribution is 2.17. The maximum absolute atomic E-state index is 5.87. The SMILES string of the molecule is CN(C)c1nc(Cl)nc(NCCSc2ccccc2)n1. The predicted molar refractivity (Wildman–Crippen MR) is 84.8 cm³/mol. The van der Waals surface area contributed by atoms with E-state index in [4.69, 9.17) is 11.6 Å². The van der Waals surface area contributed by atoms with Crippen molar-refractivity contribution in [1.29, 1.82) is 0 Å². The van der Waals surface area contributed by atoms with E-state index in [2.05, 4.69) is 32.4 Å². The van der Waals surface area contributed by atoms with Gasteiger partial charge in [-0.2, -0.15) is 15.0 Å². The second kappa shape index (κ2) is 7.31. The van der Waals surface area contributed by atoms with Crippen molar-refractivity contribution in [3.05, 3.63) is 35.6 Å². The van der Waals surface area contributed by atoms with Gasteiger partial charge in [0.05, 0.1) is 0 Å². The second-order valence-corrected chi connectivity index (χ2v) is 5.72. The highest BCUT2D eigenvalue weighted by atomic mass is 35.5. The molecule has 5 nitrogen and oxygen atoms in total. The van der Waals surface area contributed by atoms with Crippen molar-refractivity contribution in [2.75, 3.05) is 36.6 Å². The van der Waals surface area contributed by atoms with E-state index in [1.165, 1.54) is 4.90 Å². The maximum atomic E-state index is 5.87. The Morgan fingerprint density at radius 1 is 1.15 bits per heavy atom. The molecule has 0 radical (unpaired) electrons. The zero-order valence-corrected chi connectivity index (χ0v) is 12.9. The summed E-state index contributed by atoms with van der Waals surface area (Å²) in [6, 6.07) is 10.3. The summed E-state index contributed by atoms with van der Waals surface area (Å²) in [5, 5.41) is 3.35. The minimum Gasteiger partial charge on any atom is -0.353 e. The molecule has 0 aliphatic rings. The number of thioether (sulfide) groups is 1. The van der Waals surface area contributed by atoms with Crippen LogP contribution < -0.4 is 10.2 Å². The number of hydrogen-bond donors (Lipinski definition) is 1. The van der Waals surface area contributed by atoms with Gasteiger partial charge in [0.2, 0.25) is 17.2 Å². The van der Waals surface area contributed by atoms with Crippen LogP contribution in [0, 0.1) is 0 Å². The Labute approximate surface area is 127 Å². The highest BCUT2D eigenvalue weighted by Gasteiger charge is 2.06. The lowest BCUT2D eigenvalue weighted by Gasteiger charge is -2.11. The first-order valence-electron chi connectivity index (χ1n) is 6.16. The summed E-state index contributed by atoms with van der Waals surface area (Å²) in [5.74, 6) is 1.97. The van der Waals surface area contributed by atoms with Crippen LogP contribution in [0.4, 0.5) is 11.9 Å². The largest absolute Gasteiger partial charge is 0.353 e. The van der Waals surface area contributed by atoms with Gasteiger partial charge < -0.3 is 10.2 Å². The molecule has 0 bridgehead atoms. The van der Waals surface area contributed by atoms with Crippen LogP contribution in [-0.4, -0.2) is 41.3 Å². The van der Waals surface area contributed by atoms with E-state index < -0.39 is 0 Å². The molecule has 0 aliphatic heterocycles.